The standard InChI is InChI=1S/C15H19NS/c1-11-9-10-17-13(11)14(16)15(2,3)12-7-5-4-6-8-12/h4-10,14H,16H2,1-3H3. The van der Waals surface area contributed by atoms with E-state index in [1.54, 1.807) is 11.3 Å². The molecule has 0 bridgehead atoms. The normalized spacial score (nSPS) is 13.6. The summed E-state index contributed by atoms with van der Waals surface area (Å²) in [5, 5.41) is 2.12. The van der Waals surface area contributed by atoms with Gasteiger partial charge < -0.3 is 5.73 Å². The minimum absolute atomic E-state index is 0.0448. The molecular formula is C15H19NS. The van der Waals surface area contributed by atoms with Crippen LogP contribution in [0.5, 0.6) is 0 Å². The average molecular weight is 245 g/mol. The molecule has 2 heteroatoms. The Morgan fingerprint density at radius 3 is 2.29 bits per heavy atom. The number of benzene rings is 1. The maximum absolute atomic E-state index is 6.46. The highest BCUT2D eigenvalue weighted by molar-refractivity contribution is 7.10. The molecule has 0 aliphatic heterocycles. The van der Waals surface area contributed by atoms with E-state index >= 15 is 0 Å². The summed E-state index contributed by atoms with van der Waals surface area (Å²) in [6.07, 6.45) is 0. The first-order valence-electron chi connectivity index (χ1n) is 5.88. The molecule has 90 valence electrons. The predicted molar refractivity (Wildman–Crippen MR) is 75.5 cm³/mol. The van der Waals surface area contributed by atoms with Crippen LogP contribution in [0.15, 0.2) is 41.8 Å². The summed E-state index contributed by atoms with van der Waals surface area (Å²) < 4.78 is 0. The number of aryl methyl sites for hydroxylation is 1. The summed E-state index contributed by atoms with van der Waals surface area (Å²) >= 11 is 1.75. The third-order valence-corrected chi connectivity index (χ3v) is 4.58. The van der Waals surface area contributed by atoms with Crippen molar-refractivity contribution in [1.29, 1.82) is 0 Å². The van der Waals surface area contributed by atoms with E-state index in [1.165, 1.54) is 16.0 Å². The molecule has 0 radical (unpaired) electrons. The Morgan fingerprint density at radius 2 is 1.76 bits per heavy atom. The lowest BCUT2D eigenvalue weighted by Crippen LogP contribution is -2.32. The van der Waals surface area contributed by atoms with Crippen LogP contribution in [-0.4, -0.2) is 0 Å². The fraction of sp³-hybridized carbons (Fsp3) is 0.333. The van der Waals surface area contributed by atoms with Crippen LogP contribution in [0.25, 0.3) is 0 Å². The Bertz CT molecular complexity index is 485. The van der Waals surface area contributed by atoms with Crippen LogP contribution in [-0.2, 0) is 5.41 Å². The highest BCUT2D eigenvalue weighted by Crippen LogP contribution is 2.38. The number of rotatable bonds is 3. The van der Waals surface area contributed by atoms with Gasteiger partial charge in [-0.1, -0.05) is 44.2 Å². The van der Waals surface area contributed by atoms with Gasteiger partial charge in [0.2, 0.25) is 0 Å². The Morgan fingerprint density at radius 1 is 1.12 bits per heavy atom. The summed E-state index contributed by atoms with van der Waals surface area (Å²) in [5.74, 6) is 0. The fourth-order valence-electron chi connectivity index (χ4n) is 2.08. The van der Waals surface area contributed by atoms with Gasteiger partial charge in [-0.2, -0.15) is 0 Å². The molecular weight excluding hydrogens is 226 g/mol. The third-order valence-electron chi connectivity index (χ3n) is 3.48. The Hall–Kier alpha value is -1.12. The number of hydrogen-bond donors (Lipinski definition) is 1. The lowest BCUT2D eigenvalue weighted by atomic mass is 9.77. The van der Waals surface area contributed by atoms with E-state index in [4.69, 9.17) is 5.73 Å². The van der Waals surface area contributed by atoms with Crippen molar-refractivity contribution in [3.8, 4) is 0 Å². The molecule has 1 unspecified atom stereocenters. The number of thiophene rings is 1. The molecule has 1 aromatic heterocycles. The summed E-state index contributed by atoms with van der Waals surface area (Å²) in [6, 6.07) is 12.7. The van der Waals surface area contributed by atoms with Gasteiger partial charge in [0.15, 0.2) is 0 Å². The van der Waals surface area contributed by atoms with Crippen molar-refractivity contribution in [2.45, 2.75) is 32.2 Å². The zero-order valence-corrected chi connectivity index (χ0v) is 11.4. The molecule has 0 spiro atoms. The molecule has 0 saturated heterocycles. The van der Waals surface area contributed by atoms with Gasteiger partial charge in [0, 0.05) is 16.3 Å². The summed E-state index contributed by atoms with van der Waals surface area (Å²) in [6.45, 7) is 6.56. The highest BCUT2D eigenvalue weighted by atomic mass is 32.1. The maximum Gasteiger partial charge on any atom is 0.0485 e. The van der Waals surface area contributed by atoms with Crippen LogP contribution in [0.4, 0.5) is 0 Å². The van der Waals surface area contributed by atoms with Crippen LogP contribution in [0, 0.1) is 6.92 Å². The van der Waals surface area contributed by atoms with Gasteiger partial charge in [-0.05, 0) is 29.5 Å². The summed E-state index contributed by atoms with van der Waals surface area (Å²) in [4.78, 5) is 1.29. The van der Waals surface area contributed by atoms with Crippen molar-refractivity contribution < 1.29 is 0 Å². The van der Waals surface area contributed by atoms with Gasteiger partial charge in [0.05, 0.1) is 0 Å². The first-order valence-corrected chi connectivity index (χ1v) is 6.76. The van der Waals surface area contributed by atoms with E-state index in [1.807, 2.05) is 6.07 Å². The SMILES string of the molecule is Cc1ccsc1C(N)C(C)(C)c1ccccc1. The first-order chi connectivity index (χ1) is 8.03. The van der Waals surface area contributed by atoms with Crippen LogP contribution in [0.2, 0.25) is 0 Å². The van der Waals surface area contributed by atoms with E-state index in [2.05, 4.69) is 56.5 Å². The largest absolute Gasteiger partial charge is 0.323 e. The summed E-state index contributed by atoms with van der Waals surface area (Å²) in [7, 11) is 0. The van der Waals surface area contributed by atoms with Crippen LogP contribution < -0.4 is 5.73 Å². The van der Waals surface area contributed by atoms with Gasteiger partial charge in [-0.3, -0.25) is 0 Å². The van der Waals surface area contributed by atoms with Crippen molar-refractivity contribution >= 4 is 11.3 Å². The zero-order valence-electron chi connectivity index (χ0n) is 10.6. The minimum Gasteiger partial charge on any atom is -0.323 e. The van der Waals surface area contributed by atoms with Gasteiger partial charge in [0.1, 0.15) is 0 Å². The van der Waals surface area contributed by atoms with Crippen molar-refractivity contribution in [2.24, 2.45) is 5.73 Å². The molecule has 2 N–H and O–H groups in total. The smallest absolute Gasteiger partial charge is 0.0485 e. The second kappa shape index (κ2) is 4.63. The van der Waals surface area contributed by atoms with E-state index in [0.29, 0.717) is 0 Å². The van der Waals surface area contributed by atoms with Gasteiger partial charge in [-0.15, -0.1) is 11.3 Å². The maximum atomic E-state index is 6.46. The van der Waals surface area contributed by atoms with Crippen molar-refractivity contribution in [3.05, 3.63) is 57.8 Å². The number of nitrogens with two attached hydrogens (primary N) is 1. The van der Waals surface area contributed by atoms with E-state index in [9.17, 15) is 0 Å². The molecule has 2 rings (SSSR count). The molecule has 1 atom stereocenters. The Balaban J connectivity index is 2.37. The van der Waals surface area contributed by atoms with E-state index in [-0.39, 0.29) is 11.5 Å². The number of hydrogen-bond acceptors (Lipinski definition) is 2. The molecule has 0 amide bonds. The van der Waals surface area contributed by atoms with Crippen molar-refractivity contribution in [2.75, 3.05) is 0 Å². The van der Waals surface area contributed by atoms with Crippen molar-refractivity contribution in [3.63, 3.8) is 0 Å². The molecule has 1 nitrogen and oxygen atoms in total. The molecule has 0 fully saturated rings. The lowest BCUT2D eigenvalue weighted by Gasteiger charge is -2.32. The van der Waals surface area contributed by atoms with E-state index < -0.39 is 0 Å². The van der Waals surface area contributed by atoms with Gasteiger partial charge in [0.25, 0.3) is 0 Å². The monoisotopic (exact) mass is 245 g/mol. The predicted octanol–water partition coefficient (Wildman–Crippen LogP) is 4.03. The average Bonchev–Trinajstić information content (AvgIpc) is 2.75. The highest BCUT2D eigenvalue weighted by Gasteiger charge is 2.31. The Labute approximate surface area is 107 Å². The quantitative estimate of drug-likeness (QED) is 0.868. The van der Waals surface area contributed by atoms with E-state index in [0.717, 1.165) is 0 Å². The fourth-order valence-corrected chi connectivity index (χ4v) is 3.19. The summed E-state index contributed by atoms with van der Waals surface area (Å²) in [5.41, 5.74) is 9.01. The molecule has 17 heavy (non-hydrogen) atoms. The molecule has 2 aromatic rings. The topological polar surface area (TPSA) is 26.0 Å². The zero-order chi connectivity index (χ0) is 12.5. The van der Waals surface area contributed by atoms with Crippen LogP contribution in [0.3, 0.4) is 0 Å². The molecule has 0 aliphatic carbocycles. The van der Waals surface area contributed by atoms with Gasteiger partial charge >= 0.3 is 0 Å². The van der Waals surface area contributed by atoms with Crippen molar-refractivity contribution in [1.82, 2.24) is 0 Å². The molecule has 0 saturated carbocycles. The molecule has 1 aromatic carbocycles. The molecule has 1 heterocycles. The first kappa shape index (κ1) is 12.3. The van der Waals surface area contributed by atoms with Crippen LogP contribution >= 0.6 is 11.3 Å². The molecule has 0 aliphatic rings. The lowest BCUT2D eigenvalue weighted by molar-refractivity contribution is 0.425. The second-order valence-corrected chi connectivity index (χ2v) is 5.98. The minimum atomic E-state index is -0.0448. The van der Waals surface area contributed by atoms with Crippen LogP contribution in [0.1, 0.15) is 35.9 Å². The van der Waals surface area contributed by atoms with Gasteiger partial charge in [-0.25, -0.2) is 0 Å². The third kappa shape index (κ3) is 2.28. The Kier molecular flexibility index (Phi) is 3.36. The second-order valence-electron chi connectivity index (χ2n) is 5.03.